The van der Waals surface area contributed by atoms with Gasteiger partial charge in [-0.3, -0.25) is 4.90 Å². The predicted octanol–water partition coefficient (Wildman–Crippen LogP) is 3.02. The minimum absolute atomic E-state index is 0.179. The second-order valence-corrected chi connectivity index (χ2v) is 12.3. The number of ether oxygens (including phenoxy) is 1. The smallest absolute Gasteiger partial charge is 0.378 e. The maximum Gasteiger partial charge on any atom is 0.416 e. The van der Waals surface area contributed by atoms with Crippen LogP contribution in [0.25, 0.3) is 5.65 Å². The van der Waals surface area contributed by atoms with Gasteiger partial charge in [-0.25, -0.2) is 17.9 Å². The monoisotopic (exact) mass is 537 g/mol. The van der Waals surface area contributed by atoms with Crippen LogP contribution in [0.15, 0.2) is 24.3 Å². The van der Waals surface area contributed by atoms with Crippen molar-refractivity contribution < 1.29 is 26.3 Å². The summed E-state index contributed by atoms with van der Waals surface area (Å²) in [5.41, 5.74) is 3.02. The van der Waals surface area contributed by atoms with E-state index >= 15 is 0 Å². The van der Waals surface area contributed by atoms with E-state index in [2.05, 4.69) is 4.90 Å². The highest BCUT2D eigenvalue weighted by Crippen LogP contribution is 2.34. The van der Waals surface area contributed by atoms with Crippen LogP contribution in [-0.2, 0) is 33.7 Å². The van der Waals surface area contributed by atoms with E-state index in [0.29, 0.717) is 68.5 Å². The average Bonchev–Trinajstić information content (AvgIpc) is 3.14. The molecule has 1 aromatic carbocycles. The summed E-state index contributed by atoms with van der Waals surface area (Å²) in [7, 11) is -3.13. The minimum atomic E-state index is -4.45. The molecule has 2 aliphatic heterocycles. The molecule has 0 saturated carbocycles. The van der Waals surface area contributed by atoms with Gasteiger partial charge in [-0.05, 0) is 42.7 Å². The van der Waals surface area contributed by atoms with Crippen molar-refractivity contribution >= 4 is 21.3 Å². The topological polar surface area (TPSA) is 80.0 Å². The molecule has 8 nitrogen and oxygen atoms in total. The molecular weight excluding hydrogens is 507 g/mol. The molecule has 0 radical (unpaired) electrons. The van der Waals surface area contributed by atoms with E-state index in [9.17, 15) is 21.6 Å². The van der Waals surface area contributed by atoms with Gasteiger partial charge >= 0.3 is 6.18 Å². The van der Waals surface area contributed by atoms with Gasteiger partial charge in [-0.1, -0.05) is 12.1 Å². The lowest BCUT2D eigenvalue weighted by atomic mass is 9.97. The number of halogens is 3. The fourth-order valence-electron chi connectivity index (χ4n) is 4.99. The zero-order valence-electron chi connectivity index (χ0n) is 21.0. The largest absolute Gasteiger partial charge is 0.416 e. The lowest BCUT2D eigenvalue weighted by molar-refractivity contribution is -0.138. The predicted molar refractivity (Wildman–Crippen MR) is 134 cm³/mol. The summed E-state index contributed by atoms with van der Waals surface area (Å²) < 4.78 is 71.8. The molecule has 2 aliphatic rings. The van der Waals surface area contributed by atoms with Gasteiger partial charge in [0.2, 0.25) is 0 Å². The molecule has 0 atom stereocenters. The lowest BCUT2D eigenvalue weighted by Crippen LogP contribution is -2.53. The molecule has 5 rings (SSSR count). The van der Waals surface area contributed by atoms with Gasteiger partial charge in [-0.15, -0.1) is 5.10 Å². The second-order valence-electron chi connectivity index (χ2n) is 9.94. The van der Waals surface area contributed by atoms with E-state index in [1.165, 1.54) is 19.2 Å². The highest BCUT2D eigenvalue weighted by Gasteiger charge is 2.36. The summed E-state index contributed by atoms with van der Waals surface area (Å²) >= 11 is 0. The Bertz CT molecular complexity index is 1430. The van der Waals surface area contributed by atoms with Crippen molar-refractivity contribution in [3.63, 3.8) is 0 Å². The number of aromatic nitrogens is 3. The Kier molecular flexibility index (Phi) is 6.70. The summed E-state index contributed by atoms with van der Waals surface area (Å²) in [6.45, 7) is 7.23. The number of imidazole rings is 1. The number of sulfone groups is 1. The Balaban J connectivity index is 1.56. The summed E-state index contributed by atoms with van der Waals surface area (Å²) in [5.74, 6) is 0.764. The Morgan fingerprint density at radius 2 is 1.84 bits per heavy atom. The van der Waals surface area contributed by atoms with Gasteiger partial charge in [0.15, 0.2) is 15.5 Å². The van der Waals surface area contributed by atoms with E-state index in [-0.39, 0.29) is 12.0 Å². The van der Waals surface area contributed by atoms with Crippen molar-refractivity contribution in [1.82, 2.24) is 19.5 Å². The Morgan fingerprint density at radius 3 is 2.49 bits per heavy atom. The molecule has 0 aliphatic carbocycles. The normalized spacial score (nSPS) is 17.9. The van der Waals surface area contributed by atoms with Crippen LogP contribution < -0.4 is 4.90 Å². The summed E-state index contributed by atoms with van der Waals surface area (Å²) in [5, 5.41) is 4.46. The average molecular weight is 538 g/mol. The van der Waals surface area contributed by atoms with E-state index in [1.807, 2.05) is 17.9 Å². The zero-order valence-corrected chi connectivity index (χ0v) is 21.9. The van der Waals surface area contributed by atoms with Gasteiger partial charge in [0, 0.05) is 45.4 Å². The first-order valence-electron chi connectivity index (χ1n) is 12.2. The molecule has 2 fully saturated rings. The van der Waals surface area contributed by atoms with Gasteiger partial charge in [0.1, 0.15) is 5.82 Å². The highest BCUT2D eigenvalue weighted by molar-refractivity contribution is 7.91. The highest BCUT2D eigenvalue weighted by atomic mass is 32.2. The molecule has 0 unspecified atom stereocenters. The molecular formula is C25H30F3N5O3S. The van der Waals surface area contributed by atoms with E-state index < -0.39 is 26.8 Å². The number of anilines is 1. The van der Waals surface area contributed by atoms with Gasteiger partial charge < -0.3 is 9.64 Å². The van der Waals surface area contributed by atoms with Crippen LogP contribution in [-0.4, -0.2) is 78.8 Å². The Hall–Kier alpha value is -2.70. The minimum Gasteiger partial charge on any atom is -0.378 e. The maximum atomic E-state index is 13.6. The molecule has 0 spiro atoms. The number of alkyl halides is 3. The van der Waals surface area contributed by atoms with Crippen molar-refractivity contribution in [2.24, 2.45) is 0 Å². The zero-order chi connectivity index (χ0) is 26.5. The number of likely N-dealkylation sites (tertiary alicyclic amines) is 1. The molecule has 200 valence electrons. The summed E-state index contributed by atoms with van der Waals surface area (Å²) in [6.07, 6.45) is -2.99. The molecule has 0 amide bonds. The van der Waals surface area contributed by atoms with Crippen LogP contribution in [0.4, 0.5) is 19.0 Å². The van der Waals surface area contributed by atoms with Crippen LogP contribution in [0, 0.1) is 13.8 Å². The number of benzene rings is 1. The number of aryl methyl sites for hydroxylation is 1. The van der Waals surface area contributed by atoms with E-state index in [1.54, 1.807) is 10.6 Å². The number of morpholine rings is 1. The van der Waals surface area contributed by atoms with Gasteiger partial charge in [0.25, 0.3) is 0 Å². The Morgan fingerprint density at radius 1 is 1.14 bits per heavy atom. The molecule has 4 heterocycles. The molecule has 0 N–H and O–H groups in total. The van der Waals surface area contributed by atoms with Gasteiger partial charge in [0.05, 0.1) is 35.4 Å². The van der Waals surface area contributed by atoms with Crippen LogP contribution in [0.2, 0.25) is 0 Å². The first-order valence-corrected chi connectivity index (χ1v) is 14.1. The number of fused-ring (bicyclic) bond motifs is 1. The van der Waals surface area contributed by atoms with Crippen molar-refractivity contribution in [2.75, 3.05) is 50.5 Å². The van der Waals surface area contributed by atoms with Gasteiger partial charge in [-0.2, -0.15) is 13.2 Å². The Labute approximate surface area is 214 Å². The van der Waals surface area contributed by atoms with Crippen molar-refractivity contribution in [3.8, 4) is 0 Å². The standard InChI is InChI=1S/C25H30F3N5O3S/c1-16-11-23(32-7-9-36-10-8-32)30-33-22(12-18-5-4-6-20(17(18)2)25(26,27)28)21(29-24(16)33)15-31-13-19(14-31)37(3,34)35/h4-6,11,19H,7-10,12-15H2,1-3H3. The SMILES string of the molecule is Cc1c(Cc2c(CN3CC(S(C)(=O)=O)C3)nc3c(C)cc(N4CCOCC4)nn23)cccc1C(F)(F)F. The third-order valence-electron chi connectivity index (χ3n) is 7.28. The maximum absolute atomic E-state index is 13.6. The van der Waals surface area contributed by atoms with E-state index in [4.69, 9.17) is 14.8 Å². The summed E-state index contributed by atoms with van der Waals surface area (Å²) in [4.78, 5) is 8.97. The fraction of sp³-hybridized carbons (Fsp3) is 0.520. The van der Waals surface area contributed by atoms with Crippen molar-refractivity contribution in [1.29, 1.82) is 0 Å². The molecule has 12 heteroatoms. The third kappa shape index (κ3) is 5.19. The third-order valence-corrected chi connectivity index (χ3v) is 8.79. The lowest BCUT2D eigenvalue weighted by Gasteiger charge is -2.37. The second kappa shape index (κ2) is 9.55. The number of hydrogen-bond acceptors (Lipinski definition) is 7. The molecule has 0 bridgehead atoms. The van der Waals surface area contributed by atoms with Crippen LogP contribution in [0.5, 0.6) is 0 Å². The number of nitrogens with zero attached hydrogens (tertiary/aromatic N) is 5. The first kappa shape index (κ1) is 25.9. The quantitative estimate of drug-likeness (QED) is 0.478. The molecule has 37 heavy (non-hydrogen) atoms. The summed E-state index contributed by atoms with van der Waals surface area (Å²) in [6, 6.07) is 6.20. The van der Waals surface area contributed by atoms with Crippen LogP contribution in [0.1, 0.15) is 33.6 Å². The molecule has 2 saturated heterocycles. The van der Waals surface area contributed by atoms with Crippen LogP contribution in [0.3, 0.4) is 0 Å². The molecule has 3 aromatic rings. The fourth-order valence-corrected chi connectivity index (χ4v) is 5.95. The van der Waals surface area contributed by atoms with Crippen molar-refractivity contribution in [2.45, 2.75) is 38.2 Å². The first-order chi connectivity index (χ1) is 17.4. The number of rotatable bonds is 6. The van der Waals surface area contributed by atoms with E-state index in [0.717, 1.165) is 17.4 Å². The molecule has 2 aromatic heterocycles. The van der Waals surface area contributed by atoms with Crippen LogP contribution >= 0.6 is 0 Å². The number of hydrogen-bond donors (Lipinski definition) is 0. The van der Waals surface area contributed by atoms with Crippen molar-refractivity contribution in [3.05, 3.63) is 57.9 Å².